The van der Waals surface area contributed by atoms with Crippen LogP contribution < -0.4 is 11.1 Å². The van der Waals surface area contributed by atoms with Crippen LogP contribution in [-0.4, -0.2) is 26.3 Å². The highest BCUT2D eigenvalue weighted by Crippen LogP contribution is 2.35. The van der Waals surface area contributed by atoms with E-state index in [9.17, 15) is 14.7 Å². The molecule has 126 valence electrons. The predicted octanol–water partition coefficient (Wildman–Crippen LogP) is 2.87. The molecule has 0 aliphatic rings. The van der Waals surface area contributed by atoms with Crippen molar-refractivity contribution in [2.45, 2.75) is 6.92 Å². The predicted molar refractivity (Wildman–Crippen MR) is 92.5 cm³/mol. The van der Waals surface area contributed by atoms with E-state index in [0.29, 0.717) is 10.6 Å². The van der Waals surface area contributed by atoms with Crippen LogP contribution >= 0.6 is 11.5 Å². The highest BCUT2D eigenvalue weighted by molar-refractivity contribution is 7.11. The molecular weight excluding hydrogens is 344 g/mol. The second-order valence-electron chi connectivity index (χ2n) is 5.00. The summed E-state index contributed by atoms with van der Waals surface area (Å²) in [6, 6.07) is 6.24. The number of carbonyl (C=O) groups excluding carboxylic acids is 2. The van der Waals surface area contributed by atoms with Gasteiger partial charge in [0.15, 0.2) is 16.4 Å². The van der Waals surface area contributed by atoms with E-state index in [2.05, 4.69) is 24.9 Å². The third kappa shape index (κ3) is 3.43. The molecule has 2 heterocycles. The zero-order chi connectivity index (χ0) is 18.0. The Bertz CT molecular complexity index is 1010. The van der Waals surface area contributed by atoms with E-state index in [1.807, 2.05) is 6.07 Å². The average molecular weight is 356 g/mol. The maximum absolute atomic E-state index is 11.5. The number of primary amides is 1. The molecule has 0 unspecified atom stereocenters. The number of carbonyl (C=O) groups is 2. The van der Waals surface area contributed by atoms with Gasteiger partial charge < -0.3 is 16.2 Å². The SMILES string of the molecule is CC(=O)Nc1cc(/N=N/c2snc3ncccc23)cc(C(N)=O)c1O. The van der Waals surface area contributed by atoms with Gasteiger partial charge in [-0.25, -0.2) is 4.98 Å². The number of hydrogen-bond acceptors (Lipinski definition) is 8. The van der Waals surface area contributed by atoms with Crippen molar-refractivity contribution in [3.63, 3.8) is 0 Å². The van der Waals surface area contributed by atoms with Crippen molar-refractivity contribution >= 4 is 50.8 Å². The number of fused-ring (bicyclic) bond motifs is 1. The molecule has 0 aliphatic carbocycles. The zero-order valence-corrected chi connectivity index (χ0v) is 13.7. The third-order valence-corrected chi connectivity index (χ3v) is 3.90. The maximum atomic E-state index is 11.5. The summed E-state index contributed by atoms with van der Waals surface area (Å²) in [6.45, 7) is 1.27. The first-order valence-corrected chi connectivity index (χ1v) is 7.79. The maximum Gasteiger partial charge on any atom is 0.252 e. The topological polar surface area (TPSA) is 143 Å². The van der Waals surface area contributed by atoms with Crippen molar-refractivity contribution < 1.29 is 14.7 Å². The second kappa shape index (κ2) is 6.61. The minimum atomic E-state index is -0.853. The van der Waals surface area contributed by atoms with Gasteiger partial charge in [0, 0.05) is 13.1 Å². The largest absolute Gasteiger partial charge is 0.505 e. The molecule has 0 atom stereocenters. The summed E-state index contributed by atoms with van der Waals surface area (Å²) >= 11 is 1.13. The van der Waals surface area contributed by atoms with Gasteiger partial charge in [-0.05, 0) is 35.8 Å². The van der Waals surface area contributed by atoms with Crippen molar-refractivity contribution in [1.82, 2.24) is 9.36 Å². The van der Waals surface area contributed by atoms with Crippen LogP contribution in [-0.2, 0) is 4.79 Å². The van der Waals surface area contributed by atoms with Gasteiger partial charge in [-0.3, -0.25) is 9.59 Å². The smallest absolute Gasteiger partial charge is 0.252 e. The van der Waals surface area contributed by atoms with Gasteiger partial charge in [0.05, 0.1) is 22.3 Å². The zero-order valence-electron chi connectivity index (χ0n) is 12.9. The molecule has 0 bridgehead atoms. The van der Waals surface area contributed by atoms with Gasteiger partial charge in [0.25, 0.3) is 5.91 Å². The van der Waals surface area contributed by atoms with Crippen LogP contribution in [0.25, 0.3) is 11.0 Å². The summed E-state index contributed by atoms with van der Waals surface area (Å²) < 4.78 is 4.15. The summed E-state index contributed by atoms with van der Waals surface area (Å²) in [5.41, 5.74) is 5.90. The van der Waals surface area contributed by atoms with Crippen LogP contribution in [0.4, 0.5) is 16.4 Å². The summed E-state index contributed by atoms with van der Waals surface area (Å²) in [7, 11) is 0. The first-order valence-electron chi connectivity index (χ1n) is 7.02. The van der Waals surface area contributed by atoms with Crippen LogP contribution in [0.15, 0.2) is 40.7 Å². The molecule has 3 aromatic rings. The van der Waals surface area contributed by atoms with Crippen LogP contribution in [0.3, 0.4) is 0 Å². The van der Waals surface area contributed by atoms with E-state index in [1.165, 1.54) is 19.1 Å². The average Bonchev–Trinajstić information content (AvgIpc) is 2.98. The van der Waals surface area contributed by atoms with Crippen molar-refractivity contribution in [2.24, 2.45) is 16.0 Å². The number of aromatic hydroxyl groups is 1. The quantitative estimate of drug-likeness (QED) is 0.486. The molecular formula is C15H12N6O3S. The lowest BCUT2D eigenvalue weighted by atomic mass is 10.1. The Morgan fingerprint density at radius 1 is 1.32 bits per heavy atom. The molecule has 3 rings (SSSR count). The van der Waals surface area contributed by atoms with Gasteiger partial charge in [0.1, 0.15) is 0 Å². The molecule has 2 amide bonds. The number of amides is 2. The molecule has 25 heavy (non-hydrogen) atoms. The van der Waals surface area contributed by atoms with Gasteiger partial charge in [-0.15, -0.1) is 10.2 Å². The Hall–Kier alpha value is -3.40. The van der Waals surface area contributed by atoms with Crippen LogP contribution in [0.5, 0.6) is 5.75 Å². The first kappa shape index (κ1) is 16.5. The van der Waals surface area contributed by atoms with Crippen molar-refractivity contribution in [1.29, 1.82) is 0 Å². The summed E-state index contributed by atoms with van der Waals surface area (Å²) in [5.74, 6) is -1.69. The van der Waals surface area contributed by atoms with Crippen LogP contribution in [0, 0.1) is 0 Å². The summed E-state index contributed by atoms with van der Waals surface area (Å²) in [5, 5.41) is 21.9. The number of nitrogens with two attached hydrogens (primary N) is 1. The second-order valence-corrected chi connectivity index (χ2v) is 5.75. The lowest BCUT2D eigenvalue weighted by molar-refractivity contribution is -0.114. The number of hydrogen-bond donors (Lipinski definition) is 3. The van der Waals surface area contributed by atoms with E-state index >= 15 is 0 Å². The fourth-order valence-corrected chi connectivity index (χ4v) is 2.75. The van der Waals surface area contributed by atoms with E-state index in [1.54, 1.807) is 12.3 Å². The molecule has 2 aromatic heterocycles. The molecule has 0 saturated heterocycles. The summed E-state index contributed by atoms with van der Waals surface area (Å²) in [4.78, 5) is 26.8. The van der Waals surface area contributed by atoms with Crippen LogP contribution in [0.2, 0.25) is 0 Å². The fraction of sp³-hybridized carbons (Fsp3) is 0.0667. The van der Waals surface area contributed by atoms with E-state index in [0.717, 1.165) is 16.9 Å². The lowest BCUT2D eigenvalue weighted by Crippen LogP contribution is -2.13. The van der Waals surface area contributed by atoms with Crippen molar-refractivity contribution in [3.05, 3.63) is 36.0 Å². The van der Waals surface area contributed by atoms with Gasteiger partial charge >= 0.3 is 0 Å². The number of phenols is 1. The van der Waals surface area contributed by atoms with Crippen molar-refractivity contribution in [2.75, 3.05) is 5.32 Å². The molecule has 0 radical (unpaired) electrons. The number of aromatic nitrogens is 2. The Kier molecular flexibility index (Phi) is 4.35. The number of pyridine rings is 1. The third-order valence-electron chi connectivity index (χ3n) is 3.16. The Morgan fingerprint density at radius 2 is 2.12 bits per heavy atom. The molecule has 0 aliphatic heterocycles. The van der Waals surface area contributed by atoms with Gasteiger partial charge in [-0.1, -0.05) is 0 Å². The van der Waals surface area contributed by atoms with E-state index in [-0.39, 0.29) is 16.9 Å². The minimum Gasteiger partial charge on any atom is -0.505 e. The number of anilines is 1. The first-order chi connectivity index (χ1) is 12.0. The summed E-state index contributed by atoms with van der Waals surface area (Å²) in [6.07, 6.45) is 1.63. The number of azo groups is 1. The minimum absolute atomic E-state index is 0.0218. The monoisotopic (exact) mass is 356 g/mol. The van der Waals surface area contributed by atoms with Crippen molar-refractivity contribution in [3.8, 4) is 5.75 Å². The lowest BCUT2D eigenvalue weighted by Gasteiger charge is -2.09. The highest BCUT2D eigenvalue weighted by atomic mass is 32.1. The Morgan fingerprint density at radius 3 is 2.84 bits per heavy atom. The molecule has 0 fully saturated rings. The molecule has 1 aromatic carbocycles. The molecule has 0 saturated carbocycles. The van der Waals surface area contributed by atoms with Gasteiger partial charge in [0.2, 0.25) is 5.91 Å². The Labute approximate surface area is 145 Å². The van der Waals surface area contributed by atoms with Gasteiger partial charge in [-0.2, -0.15) is 4.37 Å². The standard InChI is InChI=1S/C15H12N6O3S/c1-7(22)18-11-6-8(5-10(12(11)23)13(16)24)19-20-15-9-3-2-4-17-14(9)21-25-15/h2-6,23H,1H3,(H2,16,24)(H,18,22)/b20-19+. The Balaban J connectivity index is 2.02. The normalized spacial score (nSPS) is 11.1. The highest BCUT2D eigenvalue weighted by Gasteiger charge is 2.15. The number of rotatable bonds is 4. The number of nitrogens with one attached hydrogen (secondary N) is 1. The number of nitrogens with zero attached hydrogens (tertiary/aromatic N) is 4. The molecule has 0 spiro atoms. The molecule has 9 nitrogen and oxygen atoms in total. The number of benzene rings is 1. The van der Waals surface area contributed by atoms with Crippen LogP contribution in [0.1, 0.15) is 17.3 Å². The molecule has 10 heteroatoms. The fourth-order valence-electron chi connectivity index (χ4n) is 2.10. The molecule has 4 N–H and O–H groups in total. The van der Waals surface area contributed by atoms with E-state index < -0.39 is 17.6 Å². The van der Waals surface area contributed by atoms with E-state index in [4.69, 9.17) is 5.73 Å².